The van der Waals surface area contributed by atoms with Gasteiger partial charge >= 0.3 is 0 Å². The number of furan rings is 3. The minimum absolute atomic E-state index is 0.816. The lowest BCUT2D eigenvalue weighted by molar-refractivity contribution is 0.668. The number of anilines is 11. The van der Waals surface area contributed by atoms with Gasteiger partial charge in [0.05, 0.1) is 0 Å². The predicted molar refractivity (Wildman–Crippen MR) is 363 cm³/mol. The third kappa shape index (κ3) is 10.8. The molecule has 0 fully saturated rings. The number of hydrogen-bond acceptors (Lipinski definition) is 7. The van der Waals surface area contributed by atoms with Crippen molar-refractivity contribution in [3.05, 3.63) is 322 Å². The Hall–Kier alpha value is -11.3. The fourth-order valence-electron chi connectivity index (χ4n) is 11.3. The lowest BCUT2D eigenvalue weighted by atomic mass is 10.1. The molecule has 86 heavy (non-hydrogen) atoms. The van der Waals surface area contributed by atoms with Crippen LogP contribution in [0.15, 0.2) is 335 Å². The highest BCUT2D eigenvalue weighted by atomic mass is 16.3. The molecule has 416 valence electrons. The first-order chi connectivity index (χ1) is 42.4. The molecule has 0 bridgehead atoms. The van der Waals surface area contributed by atoms with E-state index in [4.69, 9.17) is 13.3 Å². The van der Waals surface area contributed by atoms with E-state index in [1.54, 1.807) is 0 Å². The smallest absolute Gasteiger partial charge is 0.137 e. The molecular formula is C79H62N4O3. The van der Waals surface area contributed by atoms with E-state index in [0.29, 0.717) is 0 Å². The largest absolute Gasteiger partial charge is 0.456 e. The highest BCUT2D eigenvalue weighted by Gasteiger charge is 2.22. The van der Waals surface area contributed by atoms with E-state index in [1.165, 1.54) is 0 Å². The molecular weight excluding hydrogens is 1050 g/mol. The maximum absolute atomic E-state index is 6.67. The Bertz CT molecular complexity index is 4700. The molecule has 0 aliphatic rings. The van der Waals surface area contributed by atoms with E-state index in [0.717, 1.165) is 134 Å². The van der Waals surface area contributed by atoms with Crippen LogP contribution in [0.4, 0.5) is 62.6 Å². The van der Waals surface area contributed by atoms with Crippen LogP contribution in [0.2, 0.25) is 0 Å². The molecule has 0 N–H and O–H groups in total. The summed E-state index contributed by atoms with van der Waals surface area (Å²) < 4.78 is 19.5. The summed E-state index contributed by atoms with van der Waals surface area (Å²) in [4.78, 5) is 9.00. The molecule has 0 aliphatic carbocycles. The van der Waals surface area contributed by atoms with Gasteiger partial charge in [-0.1, -0.05) is 146 Å². The van der Waals surface area contributed by atoms with Crippen molar-refractivity contribution >= 4 is 128 Å². The van der Waals surface area contributed by atoms with Crippen molar-refractivity contribution in [3.8, 4) is 0 Å². The van der Waals surface area contributed by atoms with Crippen LogP contribution in [0.3, 0.4) is 0 Å². The SMILES string of the molecule is C/C=C\C.C=C(C)N(c1ccccc1)c1ccccc1.c1ccc(N(c2ccccc2)c2ccc3c(c2)oc2ccc(N(c4ccc5oc6ccccc6c5c4)c4ccc5oc6ccc(N(c7ccccc7)c7ccccc7)cc6c5c4)cc23)cc1. The fraction of sp³-hybridized carbons (Fsp3) is 0.0380. The van der Waals surface area contributed by atoms with Crippen LogP contribution < -0.4 is 19.6 Å². The Morgan fingerprint density at radius 2 is 0.512 bits per heavy atom. The predicted octanol–water partition coefficient (Wildman–Crippen LogP) is 23.7. The van der Waals surface area contributed by atoms with Crippen molar-refractivity contribution in [1.29, 1.82) is 0 Å². The number of hydrogen-bond donors (Lipinski definition) is 0. The van der Waals surface area contributed by atoms with Crippen molar-refractivity contribution in [2.45, 2.75) is 20.8 Å². The Morgan fingerprint density at radius 3 is 0.860 bits per heavy atom. The molecule has 0 aliphatic heterocycles. The third-order valence-electron chi connectivity index (χ3n) is 15.3. The monoisotopic (exact) mass is 1110 g/mol. The van der Waals surface area contributed by atoms with Gasteiger partial charge < -0.3 is 32.9 Å². The Balaban J connectivity index is 0.000000293. The van der Waals surface area contributed by atoms with Gasteiger partial charge in [-0.05, 0) is 185 Å². The van der Waals surface area contributed by atoms with Gasteiger partial charge in [0.15, 0.2) is 0 Å². The van der Waals surface area contributed by atoms with E-state index >= 15 is 0 Å². The molecule has 0 saturated carbocycles. The van der Waals surface area contributed by atoms with E-state index in [9.17, 15) is 0 Å². The second-order valence-corrected chi connectivity index (χ2v) is 21.0. The molecule has 0 atom stereocenters. The van der Waals surface area contributed by atoms with Gasteiger partial charge in [0, 0.05) is 107 Å². The first kappa shape index (κ1) is 54.0. The van der Waals surface area contributed by atoms with E-state index in [1.807, 2.05) is 93.6 Å². The van der Waals surface area contributed by atoms with Crippen molar-refractivity contribution < 1.29 is 13.3 Å². The van der Waals surface area contributed by atoms with E-state index in [2.05, 4.69) is 263 Å². The Labute approximate surface area is 501 Å². The number of benzene rings is 12. The average molecular weight is 1120 g/mol. The van der Waals surface area contributed by atoms with Crippen LogP contribution >= 0.6 is 0 Å². The molecule has 0 spiro atoms. The Morgan fingerprint density at radius 1 is 0.256 bits per heavy atom. The van der Waals surface area contributed by atoms with Gasteiger partial charge in [-0.15, -0.1) is 0 Å². The summed E-state index contributed by atoms with van der Waals surface area (Å²) in [6, 6.07) is 103. The third-order valence-corrected chi connectivity index (χ3v) is 15.3. The molecule has 0 radical (unpaired) electrons. The summed E-state index contributed by atoms with van der Waals surface area (Å²) >= 11 is 0. The maximum Gasteiger partial charge on any atom is 0.137 e. The molecule has 3 aromatic heterocycles. The lowest BCUT2D eigenvalue weighted by Gasteiger charge is -2.26. The number of para-hydroxylation sites is 7. The van der Waals surface area contributed by atoms with E-state index < -0.39 is 0 Å². The second-order valence-electron chi connectivity index (χ2n) is 21.0. The number of fused-ring (bicyclic) bond motifs is 9. The van der Waals surface area contributed by atoms with Crippen molar-refractivity contribution in [2.75, 3.05) is 19.6 Å². The fourth-order valence-corrected chi connectivity index (χ4v) is 11.3. The number of allylic oxidation sites excluding steroid dienone is 3. The maximum atomic E-state index is 6.67. The summed E-state index contributed by atoms with van der Waals surface area (Å²) in [6.45, 7) is 10.0. The van der Waals surface area contributed by atoms with Crippen LogP contribution in [0.25, 0.3) is 65.8 Å². The highest BCUT2D eigenvalue weighted by molar-refractivity contribution is 6.11. The molecule has 15 aromatic rings. The topological polar surface area (TPSA) is 52.4 Å². The number of nitrogens with zero attached hydrogens (tertiary/aromatic N) is 4. The normalized spacial score (nSPS) is 11.2. The zero-order valence-electron chi connectivity index (χ0n) is 48.2. The summed E-state index contributed by atoms with van der Waals surface area (Å²) in [5.74, 6) is 0. The van der Waals surface area contributed by atoms with Crippen LogP contribution in [-0.4, -0.2) is 0 Å². The van der Waals surface area contributed by atoms with Gasteiger partial charge in [0.25, 0.3) is 0 Å². The molecule has 15 rings (SSSR count). The zero-order chi connectivity index (χ0) is 58.3. The quantitative estimate of drug-likeness (QED) is 0.113. The first-order valence-corrected chi connectivity index (χ1v) is 29.0. The van der Waals surface area contributed by atoms with Gasteiger partial charge in [0.2, 0.25) is 0 Å². The molecule has 0 unspecified atom stereocenters. The zero-order valence-corrected chi connectivity index (χ0v) is 48.2. The van der Waals surface area contributed by atoms with Crippen LogP contribution in [0.5, 0.6) is 0 Å². The van der Waals surface area contributed by atoms with Gasteiger partial charge in [-0.2, -0.15) is 0 Å². The van der Waals surface area contributed by atoms with Crippen molar-refractivity contribution in [1.82, 2.24) is 0 Å². The lowest BCUT2D eigenvalue weighted by Crippen LogP contribution is -2.12. The minimum Gasteiger partial charge on any atom is -0.456 e. The van der Waals surface area contributed by atoms with Gasteiger partial charge in [0.1, 0.15) is 33.5 Å². The summed E-state index contributed by atoms with van der Waals surface area (Å²) in [5.41, 5.74) is 17.6. The van der Waals surface area contributed by atoms with Crippen molar-refractivity contribution in [2.24, 2.45) is 0 Å². The van der Waals surface area contributed by atoms with E-state index in [-0.39, 0.29) is 0 Å². The molecule has 7 heteroatoms. The first-order valence-electron chi connectivity index (χ1n) is 29.0. The summed E-state index contributed by atoms with van der Waals surface area (Å²) in [7, 11) is 0. The minimum atomic E-state index is 0.816. The highest BCUT2D eigenvalue weighted by Crippen LogP contribution is 2.46. The molecule has 0 saturated heterocycles. The van der Waals surface area contributed by atoms with Crippen molar-refractivity contribution in [3.63, 3.8) is 0 Å². The summed E-state index contributed by atoms with van der Waals surface area (Å²) in [6.07, 6.45) is 4.00. The number of rotatable bonds is 12. The van der Waals surface area contributed by atoms with Gasteiger partial charge in [-0.25, -0.2) is 0 Å². The van der Waals surface area contributed by atoms with Gasteiger partial charge in [-0.3, -0.25) is 0 Å². The van der Waals surface area contributed by atoms with Crippen LogP contribution in [-0.2, 0) is 0 Å². The second kappa shape index (κ2) is 24.3. The molecule has 12 aromatic carbocycles. The van der Waals surface area contributed by atoms with Crippen LogP contribution in [0, 0.1) is 0 Å². The molecule has 0 amide bonds. The molecule has 3 heterocycles. The molecule has 7 nitrogen and oxygen atoms in total. The Kier molecular flexibility index (Phi) is 15.2. The summed E-state index contributed by atoms with van der Waals surface area (Å²) in [5, 5.41) is 6.25. The van der Waals surface area contributed by atoms with Crippen LogP contribution in [0.1, 0.15) is 20.8 Å². The standard InChI is InChI=1S/C60H39N3O3.C15H15N.C4H8/c1-5-15-40(16-6-1)61(41-17-7-2-8-18-41)44-26-33-58-53(37-44)54-38-47(29-34-59(54)65-58)63(45-27-31-56-51(35-45)49-23-13-14-24-55(49)64-56)46-28-32-57-52(36-46)50-30-25-48(39-60(50)66-57)62(42-19-9-3-10-20-42)43-21-11-4-12-22-43;1-13(2)16(14-9-5-3-6-10-14)15-11-7-4-8-12-15;1-3-4-2/h1-39H;3-12H,1H2,2H3;3-4H,1-2H3/b;;4-3-. The average Bonchev–Trinajstić information content (AvgIpc) is 2.25.